The Morgan fingerprint density at radius 2 is 1.89 bits per heavy atom. The van der Waals surface area contributed by atoms with E-state index in [0.717, 1.165) is 12.5 Å². The van der Waals surface area contributed by atoms with Gasteiger partial charge >= 0.3 is 0 Å². The average Bonchev–Trinajstić information content (AvgIpc) is 2.91. The van der Waals surface area contributed by atoms with E-state index in [2.05, 4.69) is 43.4 Å². The van der Waals surface area contributed by atoms with Crippen molar-refractivity contribution in [3.8, 4) is 0 Å². The smallest absolute Gasteiger partial charge is 0.0164 e. The third-order valence-corrected chi connectivity index (χ3v) is 5.23. The molecule has 0 aromatic heterocycles. The molecule has 0 aliphatic heterocycles. The van der Waals surface area contributed by atoms with Crippen molar-refractivity contribution in [3.05, 3.63) is 29.8 Å². The summed E-state index contributed by atoms with van der Waals surface area (Å²) in [5.41, 5.74) is 1.35. The van der Waals surface area contributed by atoms with Crippen LogP contribution in [0.2, 0.25) is 0 Å². The molecule has 1 aliphatic carbocycles. The quantitative estimate of drug-likeness (QED) is 0.728. The van der Waals surface area contributed by atoms with Gasteiger partial charge in [0.05, 0.1) is 0 Å². The predicted molar refractivity (Wildman–Crippen MR) is 85.9 cm³/mol. The molecule has 1 fully saturated rings. The Balaban J connectivity index is 1.80. The molecule has 0 heterocycles. The fraction of sp³-hybridized carbons (Fsp3) is 0.647. The topological polar surface area (TPSA) is 12.0 Å². The molecule has 1 saturated carbocycles. The van der Waals surface area contributed by atoms with Crippen LogP contribution in [-0.4, -0.2) is 18.3 Å². The summed E-state index contributed by atoms with van der Waals surface area (Å²) in [5, 5.41) is 3.67. The zero-order valence-electron chi connectivity index (χ0n) is 12.3. The maximum absolute atomic E-state index is 3.67. The number of hydrogen-bond donors (Lipinski definition) is 1. The Kier molecular flexibility index (Phi) is 6.25. The first-order valence-electron chi connectivity index (χ1n) is 7.70. The molecule has 1 aliphatic rings. The zero-order valence-corrected chi connectivity index (χ0v) is 13.1. The summed E-state index contributed by atoms with van der Waals surface area (Å²) in [6, 6.07) is 9.60. The van der Waals surface area contributed by atoms with Gasteiger partial charge in [-0.1, -0.05) is 50.3 Å². The molecule has 19 heavy (non-hydrogen) atoms. The van der Waals surface area contributed by atoms with E-state index in [1.807, 2.05) is 11.8 Å². The number of benzene rings is 1. The second kappa shape index (κ2) is 7.96. The van der Waals surface area contributed by atoms with Crippen molar-refractivity contribution < 1.29 is 0 Å². The van der Waals surface area contributed by atoms with Gasteiger partial charge in [-0.25, -0.2) is 0 Å². The van der Waals surface area contributed by atoms with Crippen LogP contribution in [0.15, 0.2) is 29.2 Å². The molecule has 106 valence electrons. The maximum atomic E-state index is 3.67. The van der Waals surface area contributed by atoms with Crippen LogP contribution in [0.3, 0.4) is 0 Å². The monoisotopic (exact) mass is 277 g/mol. The minimum atomic E-state index is 0.680. The molecule has 0 amide bonds. The molecule has 1 atom stereocenters. The van der Waals surface area contributed by atoms with Crippen LogP contribution < -0.4 is 5.32 Å². The number of aryl methyl sites for hydroxylation is 1. The van der Waals surface area contributed by atoms with Crippen LogP contribution in [0.25, 0.3) is 0 Å². The lowest BCUT2D eigenvalue weighted by Gasteiger charge is -2.21. The van der Waals surface area contributed by atoms with Gasteiger partial charge in [0.25, 0.3) is 0 Å². The molecule has 0 radical (unpaired) electrons. The van der Waals surface area contributed by atoms with E-state index in [-0.39, 0.29) is 0 Å². The zero-order chi connectivity index (χ0) is 13.5. The summed E-state index contributed by atoms with van der Waals surface area (Å²) < 4.78 is 0. The largest absolute Gasteiger partial charge is 0.313 e. The lowest BCUT2D eigenvalue weighted by atomic mass is 9.99. The van der Waals surface area contributed by atoms with E-state index in [0.29, 0.717) is 6.04 Å². The number of rotatable bonds is 7. The first-order valence-corrected chi connectivity index (χ1v) is 8.69. The van der Waals surface area contributed by atoms with Gasteiger partial charge in [-0.3, -0.25) is 0 Å². The molecular formula is C17H27NS. The highest BCUT2D eigenvalue weighted by Gasteiger charge is 2.19. The second-order valence-corrected chi connectivity index (χ2v) is 6.86. The SMILES string of the molecule is CCNC(CSc1ccc(C)cc1)CC1CCCC1. The Hall–Kier alpha value is -0.470. The molecule has 1 aromatic rings. The van der Waals surface area contributed by atoms with E-state index >= 15 is 0 Å². The van der Waals surface area contributed by atoms with Gasteiger partial charge in [0.1, 0.15) is 0 Å². The Labute approximate surface area is 122 Å². The summed E-state index contributed by atoms with van der Waals surface area (Å²) in [6.45, 7) is 5.46. The van der Waals surface area contributed by atoms with Crippen molar-refractivity contribution in [1.82, 2.24) is 5.32 Å². The van der Waals surface area contributed by atoms with E-state index in [4.69, 9.17) is 0 Å². The minimum Gasteiger partial charge on any atom is -0.313 e. The Morgan fingerprint density at radius 1 is 1.21 bits per heavy atom. The van der Waals surface area contributed by atoms with Crippen LogP contribution in [0.4, 0.5) is 0 Å². The van der Waals surface area contributed by atoms with Gasteiger partial charge in [-0.2, -0.15) is 0 Å². The standard InChI is InChI=1S/C17H27NS/c1-3-18-16(12-15-6-4-5-7-15)13-19-17-10-8-14(2)9-11-17/h8-11,15-16,18H,3-7,12-13H2,1-2H3. The van der Waals surface area contributed by atoms with Crippen LogP contribution in [0, 0.1) is 12.8 Å². The molecule has 0 bridgehead atoms. The number of hydrogen-bond acceptors (Lipinski definition) is 2. The van der Waals surface area contributed by atoms with Crippen molar-refractivity contribution in [1.29, 1.82) is 0 Å². The van der Waals surface area contributed by atoms with Crippen LogP contribution in [-0.2, 0) is 0 Å². The van der Waals surface area contributed by atoms with Gasteiger partial charge in [0.15, 0.2) is 0 Å². The molecule has 2 heteroatoms. The molecule has 2 rings (SSSR count). The average molecular weight is 277 g/mol. The Morgan fingerprint density at radius 3 is 2.53 bits per heavy atom. The van der Waals surface area contributed by atoms with E-state index < -0.39 is 0 Å². The van der Waals surface area contributed by atoms with Gasteiger partial charge in [-0.15, -0.1) is 11.8 Å². The lowest BCUT2D eigenvalue weighted by Crippen LogP contribution is -2.32. The predicted octanol–water partition coefficient (Wildman–Crippen LogP) is 4.65. The van der Waals surface area contributed by atoms with Crippen molar-refractivity contribution in [2.75, 3.05) is 12.3 Å². The lowest BCUT2D eigenvalue weighted by molar-refractivity contribution is 0.415. The molecule has 1 nitrogen and oxygen atoms in total. The van der Waals surface area contributed by atoms with Crippen LogP contribution in [0.1, 0.15) is 44.6 Å². The van der Waals surface area contributed by atoms with Gasteiger partial charge in [0, 0.05) is 16.7 Å². The summed E-state index contributed by atoms with van der Waals surface area (Å²) in [6.07, 6.45) is 7.18. The molecule has 0 saturated heterocycles. The maximum Gasteiger partial charge on any atom is 0.0164 e. The number of thioether (sulfide) groups is 1. The third kappa shape index (κ3) is 5.19. The van der Waals surface area contributed by atoms with Crippen molar-refractivity contribution >= 4 is 11.8 Å². The number of nitrogens with one attached hydrogen (secondary N) is 1. The van der Waals surface area contributed by atoms with Gasteiger partial charge < -0.3 is 5.32 Å². The summed E-state index contributed by atoms with van der Waals surface area (Å²) >= 11 is 2.00. The van der Waals surface area contributed by atoms with Gasteiger partial charge in [-0.05, 0) is 37.9 Å². The molecule has 1 unspecified atom stereocenters. The second-order valence-electron chi connectivity index (χ2n) is 5.76. The van der Waals surface area contributed by atoms with Crippen molar-refractivity contribution in [2.24, 2.45) is 5.92 Å². The first kappa shape index (κ1) is 14.9. The van der Waals surface area contributed by atoms with Crippen LogP contribution in [0.5, 0.6) is 0 Å². The summed E-state index contributed by atoms with van der Waals surface area (Å²) in [7, 11) is 0. The van der Waals surface area contributed by atoms with Crippen molar-refractivity contribution in [2.45, 2.75) is 56.9 Å². The van der Waals surface area contributed by atoms with E-state index in [1.54, 1.807) is 0 Å². The third-order valence-electron chi connectivity index (χ3n) is 4.06. The van der Waals surface area contributed by atoms with Gasteiger partial charge in [0.2, 0.25) is 0 Å². The molecule has 0 spiro atoms. The molecule has 1 aromatic carbocycles. The normalized spacial score (nSPS) is 17.8. The van der Waals surface area contributed by atoms with Crippen molar-refractivity contribution in [3.63, 3.8) is 0 Å². The van der Waals surface area contributed by atoms with E-state index in [1.165, 1.54) is 48.3 Å². The summed E-state index contributed by atoms with van der Waals surface area (Å²) in [4.78, 5) is 1.40. The summed E-state index contributed by atoms with van der Waals surface area (Å²) in [5.74, 6) is 2.18. The minimum absolute atomic E-state index is 0.680. The highest BCUT2D eigenvalue weighted by Crippen LogP contribution is 2.30. The molecule has 1 N–H and O–H groups in total. The van der Waals surface area contributed by atoms with E-state index in [9.17, 15) is 0 Å². The molecular weight excluding hydrogens is 250 g/mol. The first-order chi connectivity index (χ1) is 9.28. The highest BCUT2D eigenvalue weighted by molar-refractivity contribution is 7.99. The fourth-order valence-electron chi connectivity index (χ4n) is 2.98. The Bertz CT molecular complexity index is 354. The highest BCUT2D eigenvalue weighted by atomic mass is 32.2. The van der Waals surface area contributed by atoms with Crippen LogP contribution >= 0.6 is 11.8 Å². The fourth-order valence-corrected chi connectivity index (χ4v) is 3.95.